The zero-order chi connectivity index (χ0) is 15.0. The first-order valence-corrected chi connectivity index (χ1v) is 7.94. The highest BCUT2D eigenvalue weighted by molar-refractivity contribution is 5.91. The van der Waals surface area contributed by atoms with Crippen LogP contribution in [0.2, 0.25) is 0 Å². The van der Waals surface area contributed by atoms with Crippen LogP contribution in [0.25, 0.3) is 0 Å². The summed E-state index contributed by atoms with van der Waals surface area (Å²) in [5.74, 6) is 2.03. The van der Waals surface area contributed by atoms with E-state index >= 15 is 0 Å². The van der Waals surface area contributed by atoms with Crippen molar-refractivity contribution in [2.75, 3.05) is 6.54 Å². The second-order valence-corrected chi connectivity index (χ2v) is 6.28. The fourth-order valence-corrected chi connectivity index (χ4v) is 2.85. The van der Waals surface area contributed by atoms with Gasteiger partial charge in [-0.15, -0.1) is 0 Å². The van der Waals surface area contributed by atoms with E-state index in [1.54, 1.807) is 0 Å². The number of aromatic nitrogens is 2. The lowest BCUT2D eigenvalue weighted by atomic mass is 9.95. The van der Waals surface area contributed by atoms with Crippen LogP contribution in [-0.4, -0.2) is 22.6 Å². The van der Waals surface area contributed by atoms with E-state index in [4.69, 9.17) is 4.52 Å². The van der Waals surface area contributed by atoms with Gasteiger partial charge in [0.15, 0.2) is 5.82 Å². The van der Waals surface area contributed by atoms with Gasteiger partial charge < -0.3 is 9.84 Å². The Bertz CT molecular complexity index is 672. The van der Waals surface area contributed by atoms with Crippen molar-refractivity contribution in [3.8, 4) is 0 Å². The molecule has 1 aromatic heterocycles. The van der Waals surface area contributed by atoms with Crippen LogP contribution in [0.3, 0.4) is 0 Å². The second kappa shape index (κ2) is 5.23. The number of benzene rings is 1. The van der Waals surface area contributed by atoms with Gasteiger partial charge in [0, 0.05) is 18.9 Å². The van der Waals surface area contributed by atoms with E-state index in [0.717, 1.165) is 37.1 Å². The molecule has 2 fully saturated rings. The highest BCUT2D eigenvalue weighted by atomic mass is 16.5. The van der Waals surface area contributed by atoms with Crippen molar-refractivity contribution in [2.45, 2.75) is 43.4 Å². The molecule has 0 bridgehead atoms. The zero-order valence-electron chi connectivity index (χ0n) is 12.4. The average Bonchev–Trinajstić information content (AvgIpc) is 3.47. The quantitative estimate of drug-likeness (QED) is 0.888. The summed E-state index contributed by atoms with van der Waals surface area (Å²) < 4.78 is 5.22. The van der Waals surface area contributed by atoms with Gasteiger partial charge in [-0.25, -0.2) is 0 Å². The Morgan fingerprint density at radius 1 is 1.27 bits per heavy atom. The van der Waals surface area contributed by atoms with Gasteiger partial charge in [-0.3, -0.25) is 4.79 Å². The van der Waals surface area contributed by atoms with Crippen molar-refractivity contribution in [3.05, 3.63) is 47.6 Å². The number of carbonyl (C=O) groups is 1. The van der Waals surface area contributed by atoms with Crippen molar-refractivity contribution >= 4 is 5.91 Å². The highest BCUT2D eigenvalue weighted by Gasteiger charge is 2.50. The molecule has 114 valence electrons. The molecule has 0 aliphatic heterocycles. The van der Waals surface area contributed by atoms with Crippen LogP contribution in [0.4, 0.5) is 0 Å². The number of rotatable bonds is 6. The fourth-order valence-electron chi connectivity index (χ4n) is 2.85. The number of carbonyl (C=O) groups excluding carboxylic acids is 1. The molecule has 22 heavy (non-hydrogen) atoms. The van der Waals surface area contributed by atoms with Crippen LogP contribution in [0.5, 0.6) is 0 Å². The van der Waals surface area contributed by atoms with Crippen molar-refractivity contribution in [2.24, 2.45) is 0 Å². The number of nitrogens with zero attached hydrogens (tertiary/aromatic N) is 2. The Labute approximate surface area is 129 Å². The van der Waals surface area contributed by atoms with Gasteiger partial charge in [-0.2, -0.15) is 4.98 Å². The fraction of sp³-hybridized carbons (Fsp3) is 0.471. The molecule has 1 amide bonds. The van der Waals surface area contributed by atoms with Crippen LogP contribution in [0.15, 0.2) is 34.9 Å². The van der Waals surface area contributed by atoms with Gasteiger partial charge in [-0.1, -0.05) is 35.5 Å². The van der Waals surface area contributed by atoms with Gasteiger partial charge in [0.1, 0.15) is 0 Å². The van der Waals surface area contributed by atoms with Crippen LogP contribution in [-0.2, 0) is 16.6 Å². The molecular formula is C17H19N3O2. The molecular weight excluding hydrogens is 278 g/mol. The third-order valence-electron chi connectivity index (χ3n) is 4.56. The molecule has 1 heterocycles. The molecule has 0 atom stereocenters. The van der Waals surface area contributed by atoms with Gasteiger partial charge >= 0.3 is 0 Å². The monoisotopic (exact) mass is 297 g/mol. The summed E-state index contributed by atoms with van der Waals surface area (Å²) in [5.41, 5.74) is 0.806. The Morgan fingerprint density at radius 3 is 2.73 bits per heavy atom. The maximum Gasteiger partial charge on any atom is 0.230 e. The predicted octanol–water partition coefficient (Wildman–Crippen LogP) is 2.34. The van der Waals surface area contributed by atoms with Gasteiger partial charge in [0.05, 0.1) is 5.41 Å². The van der Waals surface area contributed by atoms with E-state index in [2.05, 4.69) is 15.5 Å². The summed E-state index contributed by atoms with van der Waals surface area (Å²) in [4.78, 5) is 16.8. The molecule has 0 saturated heterocycles. The molecule has 0 spiro atoms. The third kappa shape index (κ3) is 2.51. The van der Waals surface area contributed by atoms with Crippen molar-refractivity contribution in [1.82, 2.24) is 15.5 Å². The number of hydrogen-bond donors (Lipinski definition) is 1. The molecule has 2 aliphatic rings. The molecule has 5 nitrogen and oxygen atoms in total. The minimum absolute atomic E-state index is 0.115. The van der Waals surface area contributed by atoms with Crippen LogP contribution in [0, 0.1) is 0 Å². The molecule has 2 aromatic rings. The lowest BCUT2D eigenvalue weighted by Crippen LogP contribution is -2.36. The zero-order valence-corrected chi connectivity index (χ0v) is 12.4. The van der Waals surface area contributed by atoms with E-state index in [1.165, 1.54) is 0 Å². The maximum absolute atomic E-state index is 12.5. The Hall–Kier alpha value is -2.17. The first-order chi connectivity index (χ1) is 10.8. The number of amides is 1. The van der Waals surface area contributed by atoms with Gasteiger partial charge in [0.25, 0.3) is 0 Å². The van der Waals surface area contributed by atoms with Crippen LogP contribution >= 0.6 is 0 Å². The summed E-state index contributed by atoms with van der Waals surface area (Å²) in [6.07, 6.45) is 4.77. The molecule has 2 aliphatic carbocycles. The number of nitrogens with one attached hydrogen (secondary N) is 1. The minimum atomic E-state index is -0.308. The largest absolute Gasteiger partial charge is 0.355 e. The van der Waals surface area contributed by atoms with Crippen molar-refractivity contribution in [1.29, 1.82) is 0 Å². The standard InChI is InChI=1S/C17H19N3O2/c21-16(17(9-10-17)13-4-2-1-3-5-13)18-11-8-14-19-15(22-20-14)12-6-7-12/h1-5,12H,6-11H2,(H,18,21). The average molecular weight is 297 g/mol. The molecule has 1 aromatic carbocycles. The normalized spacial score (nSPS) is 18.9. The molecule has 1 N–H and O–H groups in total. The number of hydrogen-bond acceptors (Lipinski definition) is 4. The lowest BCUT2D eigenvalue weighted by molar-refractivity contribution is -0.123. The summed E-state index contributed by atoms with van der Waals surface area (Å²) >= 11 is 0. The summed E-state index contributed by atoms with van der Waals surface area (Å²) in [7, 11) is 0. The topological polar surface area (TPSA) is 68.0 Å². The molecule has 5 heteroatoms. The Morgan fingerprint density at radius 2 is 2.05 bits per heavy atom. The van der Waals surface area contributed by atoms with Crippen molar-refractivity contribution < 1.29 is 9.32 Å². The third-order valence-corrected chi connectivity index (χ3v) is 4.56. The SMILES string of the molecule is O=C(NCCc1noc(C2CC2)n1)C1(c2ccccc2)CC1. The van der Waals surface area contributed by atoms with Crippen LogP contribution in [0.1, 0.15) is 48.9 Å². The molecule has 2 saturated carbocycles. The first-order valence-electron chi connectivity index (χ1n) is 7.94. The van der Waals surface area contributed by atoms with Crippen LogP contribution < -0.4 is 5.32 Å². The molecule has 0 unspecified atom stereocenters. The van der Waals surface area contributed by atoms with Crippen molar-refractivity contribution in [3.63, 3.8) is 0 Å². The molecule has 0 radical (unpaired) electrons. The second-order valence-electron chi connectivity index (χ2n) is 6.28. The first kappa shape index (κ1) is 13.5. The van der Waals surface area contributed by atoms with E-state index in [1.807, 2.05) is 30.3 Å². The Balaban J connectivity index is 1.32. The van der Waals surface area contributed by atoms with E-state index in [9.17, 15) is 4.79 Å². The summed E-state index contributed by atoms with van der Waals surface area (Å²) in [6, 6.07) is 10.0. The summed E-state index contributed by atoms with van der Waals surface area (Å²) in [5, 5.41) is 7.00. The molecule has 4 rings (SSSR count). The van der Waals surface area contributed by atoms with E-state index in [0.29, 0.717) is 24.7 Å². The van der Waals surface area contributed by atoms with E-state index in [-0.39, 0.29) is 11.3 Å². The minimum Gasteiger partial charge on any atom is -0.355 e. The maximum atomic E-state index is 12.5. The lowest BCUT2D eigenvalue weighted by Gasteiger charge is -2.15. The summed E-state index contributed by atoms with van der Waals surface area (Å²) in [6.45, 7) is 0.553. The smallest absolute Gasteiger partial charge is 0.230 e. The highest BCUT2D eigenvalue weighted by Crippen LogP contribution is 2.48. The van der Waals surface area contributed by atoms with Gasteiger partial charge in [-0.05, 0) is 31.2 Å². The predicted molar refractivity (Wildman–Crippen MR) is 80.3 cm³/mol. The Kier molecular flexibility index (Phi) is 3.21. The van der Waals surface area contributed by atoms with E-state index < -0.39 is 0 Å². The van der Waals surface area contributed by atoms with Gasteiger partial charge in [0.2, 0.25) is 11.8 Å².